The highest BCUT2D eigenvalue weighted by atomic mass is 32.2. The van der Waals surface area contributed by atoms with Crippen LogP contribution in [0.3, 0.4) is 0 Å². The Labute approximate surface area is 150 Å². The molecule has 0 saturated carbocycles. The quantitative estimate of drug-likeness (QED) is 0.728. The van der Waals surface area contributed by atoms with E-state index in [4.69, 9.17) is 0 Å². The van der Waals surface area contributed by atoms with Crippen molar-refractivity contribution < 1.29 is 22.0 Å². The predicted molar refractivity (Wildman–Crippen MR) is 92.5 cm³/mol. The molecule has 0 atom stereocenters. The number of halogens is 2. The number of nitrogens with one attached hydrogen (secondary N) is 1. The number of rotatable bonds is 4. The molecule has 10 heteroatoms. The molecular weight excluding hydrogens is 386 g/mol. The normalized spacial score (nSPS) is 11.7. The maximum Gasteiger partial charge on any atom is 0.307 e. The summed E-state index contributed by atoms with van der Waals surface area (Å²) in [5.74, 6) is -3.07. The Hall–Kier alpha value is -2.59. The van der Waals surface area contributed by atoms with Gasteiger partial charge in [-0.3, -0.25) is 9.59 Å². The van der Waals surface area contributed by atoms with Gasteiger partial charge in [0.15, 0.2) is 11.6 Å². The molecule has 1 heterocycles. The third-order valence-electron chi connectivity index (χ3n) is 3.67. The molecule has 26 heavy (non-hydrogen) atoms. The molecule has 0 bridgehead atoms. The van der Waals surface area contributed by atoms with E-state index < -0.39 is 34.0 Å². The van der Waals surface area contributed by atoms with Crippen molar-refractivity contribution >= 4 is 37.5 Å². The lowest BCUT2D eigenvalue weighted by Crippen LogP contribution is -2.31. The fourth-order valence-corrected chi connectivity index (χ4v) is 4.36. The zero-order chi connectivity index (χ0) is 19.1. The highest BCUT2D eigenvalue weighted by molar-refractivity contribution is 7.90. The summed E-state index contributed by atoms with van der Waals surface area (Å²) in [5, 5.41) is 0. The van der Waals surface area contributed by atoms with Crippen molar-refractivity contribution in [1.29, 1.82) is 0 Å². The third-order valence-corrected chi connectivity index (χ3v) is 6.04. The first kappa shape index (κ1) is 18.2. The summed E-state index contributed by atoms with van der Waals surface area (Å²) in [4.78, 5) is 23.2. The topological polar surface area (TPSA) is 85.2 Å². The van der Waals surface area contributed by atoms with Gasteiger partial charge in [0.25, 0.3) is 10.0 Å². The molecule has 1 aromatic heterocycles. The van der Waals surface area contributed by atoms with Crippen LogP contribution in [-0.4, -0.2) is 18.9 Å². The summed E-state index contributed by atoms with van der Waals surface area (Å²) in [6, 6.07) is 6.93. The van der Waals surface area contributed by atoms with Crippen LogP contribution < -0.4 is 9.60 Å². The summed E-state index contributed by atoms with van der Waals surface area (Å²) in [6.45, 7) is 0. The van der Waals surface area contributed by atoms with Crippen molar-refractivity contribution in [2.45, 2.75) is 11.3 Å². The van der Waals surface area contributed by atoms with Gasteiger partial charge in [-0.25, -0.2) is 21.9 Å². The second-order valence-corrected chi connectivity index (χ2v) is 8.19. The number of sulfonamides is 1. The van der Waals surface area contributed by atoms with E-state index >= 15 is 0 Å². The number of carbonyl (C=O) groups excluding carboxylic acids is 1. The van der Waals surface area contributed by atoms with Crippen LogP contribution in [-0.2, 0) is 28.3 Å². The monoisotopic (exact) mass is 398 g/mol. The summed E-state index contributed by atoms with van der Waals surface area (Å²) in [6.07, 6.45) is -0.433. The third kappa shape index (κ3) is 3.51. The van der Waals surface area contributed by atoms with Crippen LogP contribution in [0.1, 0.15) is 5.56 Å². The minimum absolute atomic E-state index is 0.133. The van der Waals surface area contributed by atoms with E-state index in [1.807, 2.05) is 4.72 Å². The lowest BCUT2D eigenvalue weighted by molar-refractivity contribution is -0.118. The van der Waals surface area contributed by atoms with Gasteiger partial charge in [0.1, 0.15) is 0 Å². The first-order valence-corrected chi connectivity index (χ1v) is 9.56. The lowest BCUT2D eigenvalue weighted by Gasteiger charge is -2.07. The van der Waals surface area contributed by atoms with Gasteiger partial charge in [-0.15, -0.1) is 0 Å². The molecule has 0 spiro atoms. The molecule has 3 rings (SSSR count). The average Bonchev–Trinajstić information content (AvgIpc) is 2.84. The second-order valence-electron chi connectivity index (χ2n) is 5.51. The zero-order valence-electron chi connectivity index (χ0n) is 13.3. The molecule has 0 unspecified atom stereocenters. The Morgan fingerprint density at radius 2 is 1.88 bits per heavy atom. The summed E-state index contributed by atoms with van der Waals surface area (Å²) >= 11 is 0.887. The summed E-state index contributed by atoms with van der Waals surface area (Å²) in [7, 11) is -2.60. The van der Waals surface area contributed by atoms with Crippen molar-refractivity contribution in [2.24, 2.45) is 7.05 Å². The number of nitrogens with zero attached hydrogens (tertiary/aromatic N) is 1. The van der Waals surface area contributed by atoms with Crippen molar-refractivity contribution in [3.05, 3.63) is 63.3 Å². The largest absolute Gasteiger partial charge is 0.307 e. The molecule has 2 aromatic carbocycles. The van der Waals surface area contributed by atoms with Crippen LogP contribution in [0.15, 0.2) is 46.1 Å². The highest BCUT2D eigenvalue weighted by Gasteiger charge is 2.19. The van der Waals surface area contributed by atoms with Gasteiger partial charge in [0, 0.05) is 7.05 Å². The molecule has 0 saturated heterocycles. The maximum atomic E-state index is 13.2. The van der Waals surface area contributed by atoms with E-state index in [9.17, 15) is 26.8 Å². The Bertz CT molecular complexity index is 1180. The molecule has 3 aromatic rings. The number of amides is 1. The van der Waals surface area contributed by atoms with Crippen LogP contribution in [0.4, 0.5) is 8.78 Å². The fraction of sp³-hybridized carbons (Fsp3) is 0.125. The van der Waals surface area contributed by atoms with E-state index in [0.29, 0.717) is 10.2 Å². The number of fused-ring (bicyclic) bond motifs is 1. The second kappa shape index (κ2) is 6.61. The first-order valence-electron chi connectivity index (χ1n) is 7.26. The summed E-state index contributed by atoms with van der Waals surface area (Å²) in [5.41, 5.74) is 0.709. The van der Waals surface area contributed by atoms with Crippen LogP contribution in [0.25, 0.3) is 10.2 Å². The standard InChI is InChI=1S/C16H12F2N2O4S2/c1-20-13-5-3-10(8-14(13)25-16(20)22)26(23,24)19-15(21)7-9-2-4-11(17)12(18)6-9/h2-6,8H,7H2,1H3,(H,19,21). The lowest BCUT2D eigenvalue weighted by atomic mass is 10.1. The van der Waals surface area contributed by atoms with Crippen molar-refractivity contribution in [2.75, 3.05) is 0 Å². The molecule has 1 N–H and O–H groups in total. The average molecular weight is 398 g/mol. The Morgan fingerprint density at radius 1 is 1.15 bits per heavy atom. The van der Waals surface area contributed by atoms with Gasteiger partial charge < -0.3 is 4.57 Å². The van der Waals surface area contributed by atoms with Crippen molar-refractivity contribution in [3.63, 3.8) is 0 Å². The Balaban J connectivity index is 1.82. The van der Waals surface area contributed by atoms with Crippen molar-refractivity contribution in [3.8, 4) is 0 Å². The SMILES string of the molecule is Cn1c(=O)sc2cc(S(=O)(=O)NC(=O)Cc3ccc(F)c(F)c3)ccc21. The smallest absolute Gasteiger partial charge is 0.302 e. The van der Waals surface area contributed by atoms with E-state index in [2.05, 4.69) is 0 Å². The van der Waals surface area contributed by atoms with E-state index in [1.54, 1.807) is 7.05 Å². The molecule has 0 aliphatic carbocycles. The van der Waals surface area contributed by atoms with Gasteiger partial charge in [0.05, 0.1) is 21.5 Å². The maximum absolute atomic E-state index is 13.2. The van der Waals surface area contributed by atoms with Crippen LogP contribution >= 0.6 is 11.3 Å². The zero-order valence-corrected chi connectivity index (χ0v) is 15.0. The molecule has 0 aliphatic rings. The van der Waals surface area contributed by atoms with Crippen LogP contribution in [0.5, 0.6) is 0 Å². The van der Waals surface area contributed by atoms with Crippen molar-refractivity contribution in [1.82, 2.24) is 9.29 Å². The number of benzene rings is 2. The predicted octanol–water partition coefficient (Wildman–Crippen LogP) is 1.93. The minimum atomic E-state index is -4.16. The fourth-order valence-electron chi connectivity index (χ4n) is 2.36. The number of hydrogen-bond donors (Lipinski definition) is 1. The highest BCUT2D eigenvalue weighted by Crippen LogP contribution is 2.21. The number of thiazole rings is 1. The Morgan fingerprint density at radius 3 is 2.58 bits per heavy atom. The van der Waals surface area contributed by atoms with Gasteiger partial charge in [0.2, 0.25) is 5.91 Å². The number of aryl methyl sites for hydroxylation is 1. The van der Waals surface area contributed by atoms with E-state index in [1.165, 1.54) is 28.8 Å². The molecule has 0 fully saturated rings. The molecule has 0 aliphatic heterocycles. The molecule has 6 nitrogen and oxygen atoms in total. The van der Waals surface area contributed by atoms with Gasteiger partial charge >= 0.3 is 4.87 Å². The number of hydrogen-bond acceptors (Lipinski definition) is 5. The van der Waals surface area contributed by atoms with Gasteiger partial charge in [-0.05, 0) is 35.9 Å². The Kier molecular flexibility index (Phi) is 4.63. The molecule has 136 valence electrons. The first-order chi connectivity index (χ1) is 12.2. The number of aromatic nitrogens is 1. The van der Waals surface area contributed by atoms with Gasteiger partial charge in [-0.1, -0.05) is 17.4 Å². The minimum Gasteiger partial charge on any atom is -0.302 e. The van der Waals surface area contributed by atoms with Crippen LogP contribution in [0, 0.1) is 11.6 Å². The summed E-state index contributed by atoms with van der Waals surface area (Å²) < 4.78 is 54.5. The van der Waals surface area contributed by atoms with E-state index in [-0.39, 0.29) is 15.3 Å². The number of carbonyl (C=O) groups is 1. The van der Waals surface area contributed by atoms with Gasteiger partial charge in [-0.2, -0.15) is 0 Å². The molecular formula is C16H12F2N2O4S2. The molecule has 0 radical (unpaired) electrons. The van der Waals surface area contributed by atoms with Crippen LogP contribution in [0.2, 0.25) is 0 Å². The van der Waals surface area contributed by atoms with E-state index in [0.717, 1.165) is 23.5 Å². The molecule has 1 amide bonds.